The van der Waals surface area contributed by atoms with Crippen molar-refractivity contribution in [1.82, 2.24) is 0 Å². The lowest BCUT2D eigenvalue weighted by atomic mass is 9.78. The Morgan fingerprint density at radius 1 is 0.654 bits per heavy atom. The topological polar surface area (TPSA) is 9.23 Å². The van der Waals surface area contributed by atoms with Gasteiger partial charge in [0.25, 0.3) is 0 Å². The van der Waals surface area contributed by atoms with Gasteiger partial charge in [-0.05, 0) is 36.7 Å². The Hall–Kier alpha value is -2.36. The van der Waals surface area contributed by atoms with Crippen LogP contribution in [0.15, 0.2) is 71.4 Å². The third kappa shape index (κ3) is 2.21. The van der Waals surface area contributed by atoms with Gasteiger partial charge in [0, 0.05) is 16.7 Å². The van der Waals surface area contributed by atoms with E-state index in [0.29, 0.717) is 0 Å². The van der Waals surface area contributed by atoms with Crippen molar-refractivity contribution in [3.63, 3.8) is 0 Å². The van der Waals surface area contributed by atoms with E-state index in [9.17, 15) is 0 Å². The third-order valence-electron chi connectivity index (χ3n) is 5.06. The Kier molecular flexibility index (Phi) is 3.56. The molecule has 1 aliphatic rings. The van der Waals surface area contributed by atoms with Crippen molar-refractivity contribution in [1.29, 1.82) is 0 Å². The number of ether oxygens (including phenoxy) is 1. The van der Waals surface area contributed by atoms with Crippen LogP contribution in [0.2, 0.25) is 0 Å². The Bertz CT molecular complexity index is 1020. The van der Waals surface area contributed by atoms with Crippen LogP contribution in [0.3, 0.4) is 0 Å². The molecule has 0 saturated heterocycles. The molecule has 0 unspecified atom stereocenters. The minimum Gasteiger partial charge on any atom is -0.471 e. The summed E-state index contributed by atoms with van der Waals surface area (Å²) in [5.41, 5.74) is 5.48. The van der Waals surface area contributed by atoms with Crippen LogP contribution in [0.5, 0.6) is 5.75 Å². The third-order valence-corrected chi connectivity index (χ3v) is 7.03. The van der Waals surface area contributed by atoms with Gasteiger partial charge in [-0.15, -0.1) is 22.7 Å². The van der Waals surface area contributed by atoms with Crippen LogP contribution in [0, 0.1) is 13.8 Å². The molecule has 0 bridgehead atoms. The molecule has 0 N–H and O–H groups in total. The van der Waals surface area contributed by atoms with Gasteiger partial charge in [-0.25, -0.2) is 0 Å². The lowest BCUT2D eigenvalue weighted by Gasteiger charge is -2.39. The molecule has 4 aromatic rings. The Labute approximate surface area is 161 Å². The van der Waals surface area contributed by atoms with Crippen LogP contribution in [0.25, 0.3) is 9.75 Å². The molecule has 3 heteroatoms. The molecule has 2 aromatic heterocycles. The number of rotatable bonds is 2. The van der Waals surface area contributed by atoms with Crippen LogP contribution in [0.1, 0.15) is 27.8 Å². The molecule has 0 fully saturated rings. The highest BCUT2D eigenvalue weighted by molar-refractivity contribution is 7.20. The van der Waals surface area contributed by atoms with Crippen LogP contribution < -0.4 is 4.74 Å². The predicted octanol–water partition coefficient (Wildman–Crippen LogP) is 6.78. The molecule has 1 nitrogen and oxygen atoms in total. The van der Waals surface area contributed by atoms with Crippen LogP contribution >= 0.6 is 22.7 Å². The van der Waals surface area contributed by atoms with E-state index < -0.39 is 5.60 Å². The summed E-state index contributed by atoms with van der Waals surface area (Å²) >= 11 is 3.56. The van der Waals surface area contributed by atoms with Gasteiger partial charge in [0.05, 0.1) is 9.75 Å². The quantitative estimate of drug-likeness (QED) is 0.376. The second kappa shape index (κ2) is 5.83. The minimum absolute atomic E-state index is 0.606. The van der Waals surface area contributed by atoms with E-state index in [-0.39, 0.29) is 0 Å². The van der Waals surface area contributed by atoms with Gasteiger partial charge >= 0.3 is 0 Å². The summed E-state index contributed by atoms with van der Waals surface area (Å²) in [5, 5.41) is 4.30. The first-order valence-electron chi connectivity index (χ1n) is 8.67. The van der Waals surface area contributed by atoms with Crippen molar-refractivity contribution in [2.75, 3.05) is 0 Å². The molecular formula is C23H18OS2. The van der Waals surface area contributed by atoms with Crippen molar-refractivity contribution >= 4 is 22.7 Å². The predicted molar refractivity (Wildman–Crippen MR) is 111 cm³/mol. The lowest BCUT2D eigenvalue weighted by molar-refractivity contribution is 0.153. The van der Waals surface area contributed by atoms with Gasteiger partial charge in [-0.2, -0.15) is 0 Å². The van der Waals surface area contributed by atoms with Gasteiger partial charge in [0.2, 0.25) is 0 Å². The van der Waals surface area contributed by atoms with Crippen molar-refractivity contribution < 1.29 is 4.74 Å². The second-order valence-electron chi connectivity index (χ2n) is 6.79. The number of aryl methyl sites for hydroxylation is 2. The first-order valence-corrected chi connectivity index (χ1v) is 10.4. The van der Waals surface area contributed by atoms with Crippen molar-refractivity contribution in [2.45, 2.75) is 19.4 Å². The van der Waals surface area contributed by atoms with E-state index in [0.717, 1.165) is 5.75 Å². The monoisotopic (exact) mass is 374 g/mol. The van der Waals surface area contributed by atoms with Crippen molar-refractivity contribution in [3.8, 4) is 15.5 Å². The van der Waals surface area contributed by atoms with Gasteiger partial charge in [0.15, 0.2) is 5.60 Å². The summed E-state index contributed by atoms with van der Waals surface area (Å²) in [5.74, 6) is 0.978. The normalized spacial score (nSPS) is 14.4. The molecule has 128 valence electrons. The van der Waals surface area contributed by atoms with Gasteiger partial charge in [0.1, 0.15) is 5.75 Å². The Morgan fingerprint density at radius 2 is 1.19 bits per heavy atom. The summed E-state index contributed by atoms with van der Waals surface area (Å²) in [4.78, 5) is 2.56. The average molecular weight is 375 g/mol. The van der Waals surface area contributed by atoms with Gasteiger partial charge in [-0.1, -0.05) is 59.7 Å². The summed E-state index contributed by atoms with van der Waals surface area (Å²) in [6.07, 6.45) is 0. The largest absolute Gasteiger partial charge is 0.471 e. The second-order valence-corrected chi connectivity index (χ2v) is 8.62. The van der Waals surface area contributed by atoms with Crippen molar-refractivity contribution in [2.24, 2.45) is 0 Å². The van der Waals surface area contributed by atoms with E-state index >= 15 is 0 Å². The SMILES string of the molecule is Cc1ccc(C2(c3ccc(C)cc3)Oc3ccsc3-c3sccc32)cc1. The molecule has 0 radical (unpaired) electrons. The fraction of sp³-hybridized carbons (Fsp3) is 0.130. The maximum atomic E-state index is 6.81. The van der Waals surface area contributed by atoms with Crippen molar-refractivity contribution in [3.05, 3.63) is 99.2 Å². The highest BCUT2D eigenvalue weighted by Gasteiger charge is 2.45. The molecule has 0 saturated carbocycles. The summed E-state index contributed by atoms with van der Waals surface area (Å²) in [7, 11) is 0. The molecular weight excluding hydrogens is 356 g/mol. The Balaban J connectivity index is 1.84. The van der Waals surface area contributed by atoms with Crippen LogP contribution in [0.4, 0.5) is 0 Å². The molecule has 1 aliphatic heterocycles. The standard InChI is InChI=1S/C23H18OS2/c1-15-3-7-17(8-4-15)23(18-9-5-16(2)6-10-18)19-11-13-25-21(19)22-20(24-23)12-14-26-22/h3-14H,1-2H3. The van der Waals surface area contributed by atoms with Gasteiger partial charge < -0.3 is 4.74 Å². The zero-order valence-corrected chi connectivity index (χ0v) is 16.3. The van der Waals surface area contributed by atoms with Gasteiger partial charge in [-0.3, -0.25) is 0 Å². The molecule has 5 rings (SSSR count). The van der Waals surface area contributed by atoms with E-state index in [1.807, 2.05) is 0 Å². The minimum atomic E-state index is -0.606. The molecule has 2 aromatic carbocycles. The highest BCUT2D eigenvalue weighted by atomic mass is 32.1. The highest BCUT2D eigenvalue weighted by Crippen LogP contribution is 2.55. The molecule has 0 aliphatic carbocycles. The molecule has 0 amide bonds. The number of thiophene rings is 2. The molecule has 3 heterocycles. The molecule has 0 spiro atoms. The number of hydrogen-bond acceptors (Lipinski definition) is 3. The van der Waals surface area contributed by atoms with Crippen LogP contribution in [-0.2, 0) is 5.60 Å². The molecule has 26 heavy (non-hydrogen) atoms. The number of benzene rings is 2. The number of hydrogen-bond donors (Lipinski definition) is 0. The summed E-state index contributed by atoms with van der Waals surface area (Å²) < 4.78 is 6.81. The zero-order chi connectivity index (χ0) is 17.7. The smallest absolute Gasteiger partial charge is 0.186 e. The first-order chi connectivity index (χ1) is 12.7. The zero-order valence-electron chi connectivity index (χ0n) is 14.7. The van der Waals surface area contributed by atoms with E-state index in [1.165, 1.54) is 37.6 Å². The summed E-state index contributed by atoms with van der Waals surface area (Å²) in [6.45, 7) is 4.24. The maximum absolute atomic E-state index is 6.81. The fourth-order valence-corrected chi connectivity index (χ4v) is 5.64. The lowest BCUT2D eigenvalue weighted by Crippen LogP contribution is -2.37. The average Bonchev–Trinajstić information content (AvgIpc) is 3.31. The maximum Gasteiger partial charge on any atom is 0.186 e. The Morgan fingerprint density at radius 3 is 1.81 bits per heavy atom. The van der Waals surface area contributed by atoms with E-state index in [2.05, 4.69) is 85.3 Å². The van der Waals surface area contributed by atoms with Crippen LogP contribution in [-0.4, -0.2) is 0 Å². The fourth-order valence-electron chi connectivity index (χ4n) is 3.70. The van der Waals surface area contributed by atoms with E-state index in [1.54, 1.807) is 22.7 Å². The summed E-state index contributed by atoms with van der Waals surface area (Å²) in [6, 6.07) is 21.8. The van der Waals surface area contributed by atoms with E-state index in [4.69, 9.17) is 4.74 Å². The first kappa shape index (κ1) is 15.9. The molecule has 0 atom stereocenters. The number of fused-ring (bicyclic) bond motifs is 3.